The van der Waals surface area contributed by atoms with Crippen molar-refractivity contribution < 1.29 is 0 Å². The van der Waals surface area contributed by atoms with E-state index in [0.29, 0.717) is 0 Å². The van der Waals surface area contributed by atoms with Gasteiger partial charge >= 0.3 is 0 Å². The largest absolute Gasteiger partial charge is 0.343 e. The molecule has 1 aromatic heterocycles. The fourth-order valence-corrected chi connectivity index (χ4v) is 1.83. The number of hydrogen-bond donors (Lipinski definition) is 1. The number of rotatable bonds is 6. The molecule has 0 aliphatic rings. The molecule has 0 spiro atoms. The Balaban J connectivity index is 2.54. The average Bonchev–Trinajstić information content (AvgIpc) is 2.28. The minimum atomic E-state index is 0.249. The molecule has 1 heterocycles. The van der Waals surface area contributed by atoms with Crippen molar-refractivity contribution in [3.63, 3.8) is 0 Å². The highest BCUT2D eigenvalue weighted by Gasteiger charge is 2.15. The van der Waals surface area contributed by atoms with E-state index in [1.165, 1.54) is 0 Å². The second-order valence-electron chi connectivity index (χ2n) is 5.98. The van der Waals surface area contributed by atoms with Gasteiger partial charge in [0, 0.05) is 38.1 Å². The summed E-state index contributed by atoms with van der Waals surface area (Å²) in [6.45, 7) is 11.6. The maximum absolute atomic E-state index is 4.42. The minimum absolute atomic E-state index is 0.249. The number of aromatic nitrogens is 2. The third-order valence-corrected chi connectivity index (χ3v) is 2.50. The Kier molecular flexibility index (Phi) is 5.54. The predicted molar refractivity (Wildman–Crippen MR) is 76.8 cm³/mol. The first-order valence-corrected chi connectivity index (χ1v) is 6.65. The van der Waals surface area contributed by atoms with Gasteiger partial charge in [0.15, 0.2) is 0 Å². The summed E-state index contributed by atoms with van der Waals surface area (Å²) in [5, 5.41) is 3.34. The van der Waals surface area contributed by atoms with Gasteiger partial charge < -0.3 is 10.2 Å². The first-order valence-electron chi connectivity index (χ1n) is 6.65. The van der Waals surface area contributed by atoms with Crippen LogP contribution in [0.1, 0.15) is 39.7 Å². The molecule has 0 aliphatic heterocycles. The molecule has 4 nitrogen and oxygen atoms in total. The molecule has 1 aromatic rings. The minimum Gasteiger partial charge on any atom is -0.343 e. The molecule has 0 atom stereocenters. The van der Waals surface area contributed by atoms with E-state index < -0.39 is 0 Å². The molecule has 0 saturated heterocycles. The van der Waals surface area contributed by atoms with Crippen molar-refractivity contribution in [3.05, 3.63) is 18.0 Å². The monoisotopic (exact) mass is 250 g/mol. The van der Waals surface area contributed by atoms with E-state index in [2.05, 4.69) is 47.9 Å². The summed E-state index contributed by atoms with van der Waals surface area (Å²) >= 11 is 0. The van der Waals surface area contributed by atoms with Gasteiger partial charge in [0.2, 0.25) is 5.95 Å². The van der Waals surface area contributed by atoms with E-state index in [0.717, 1.165) is 37.6 Å². The van der Waals surface area contributed by atoms with Crippen LogP contribution in [-0.4, -0.2) is 30.1 Å². The van der Waals surface area contributed by atoms with Gasteiger partial charge in [-0.05, 0) is 18.4 Å². The lowest BCUT2D eigenvalue weighted by molar-refractivity contribution is 0.416. The lowest BCUT2D eigenvalue weighted by Crippen LogP contribution is -2.30. The zero-order chi connectivity index (χ0) is 13.6. The maximum atomic E-state index is 4.42. The molecule has 1 rings (SSSR count). The Bertz CT molecular complexity index is 340. The van der Waals surface area contributed by atoms with Gasteiger partial charge in [-0.1, -0.05) is 27.7 Å². The molecular weight excluding hydrogens is 224 g/mol. The summed E-state index contributed by atoms with van der Waals surface area (Å²) in [5.41, 5.74) is 1.38. The van der Waals surface area contributed by atoms with E-state index in [1.807, 2.05) is 19.4 Å². The molecule has 1 N–H and O–H groups in total. The van der Waals surface area contributed by atoms with Gasteiger partial charge in [-0.3, -0.25) is 0 Å². The van der Waals surface area contributed by atoms with Crippen LogP contribution in [0.3, 0.4) is 0 Å². The van der Waals surface area contributed by atoms with Gasteiger partial charge in [-0.2, -0.15) is 0 Å². The van der Waals surface area contributed by atoms with Gasteiger partial charge in [0.25, 0.3) is 0 Å². The van der Waals surface area contributed by atoms with E-state index in [9.17, 15) is 0 Å². The number of nitrogens with one attached hydrogen (secondary N) is 1. The molecule has 102 valence electrons. The predicted octanol–water partition coefficient (Wildman–Crippen LogP) is 2.46. The van der Waals surface area contributed by atoms with Crippen molar-refractivity contribution in [1.29, 1.82) is 0 Å². The van der Waals surface area contributed by atoms with E-state index >= 15 is 0 Å². The third-order valence-electron chi connectivity index (χ3n) is 2.50. The summed E-state index contributed by atoms with van der Waals surface area (Å²) < 4.78 is 0. The number of hydrogen-bond acceptors (Lipinski definition) is 4. The first kappa shape index (κ1) is 14.9. The summed E-state index contributed by atoms with van der Waals surface area (Å²) in [5.74, 6) is 0.796. The fourth-order valence-electron chi connectivity index (χ4n) is 1.83. The van der Waals surface area contributed by atoms with E-state index in [4.69, 9.17) is 0 Å². The molecule has 0 radical (unpaired) electrons. The first-order chi connectivity index (χ1) is 8.42. The summed E-state index contributed by atoms with van der Waals surface area (Å²) in [7, 11) is 2.04. The summed E-state index contributed by atoms with van der Waals surface area (Å²) in [6, 6.07) is 0. The third kappa shape index (κ3) is 5.45. The second-order valence-corrected chi connectivity index (χ2v) is 5.98. The van der Waals surface area contributed by atoms with Crippen LogP contribution in [0, 0.1) is 5.41 Å². The normalized spacial score (nSPS) is 11.6. The zero-order valence-corrected chi connectivity index (χ0v) is 12.3. The van der Waals surface area contributed by atoms with Crippen molar-refractivity contribution in [1.82, 2.24) is 15.3 Å². The Labute approximate surface area is 111 Å². The lowest BCUT2D eigenvalue weighted by atomic mass is 9.96. The van der Waals surface area contributed by atoms with Crippen LogP contribution >= 0.6 is 0 Å². The molecule has 0 amide bonds. The second kappa shape index (κ2) is 6.69. The van der Waals surface area contributed by atoms with Crippen molar-refractivity contribution in [2.75, 3.05) is 25.0 Å². The van der Waals surface area contributed by atoms with Crippen LogP contribution in [0.25, 0.3) is 0 Å². The van der Waals surface area contributed by atoms with Crippen molar-refractivity contribution in [2.45, 2.75) is 40.7 Å². The average molecular weight is 250 g/mol. The number of nitrogens with zero attached hydrogens (tertiary/aromatic N) is 3. The molecule has 0 unspecified atom stereocenters. The SMILES string of the molecule is CCCNCc1cnc(N(C)CC(C)(C)C)nc1. The summed E-state index contributed by atoms with van der Waals surface area (Å²) in [6.07, 6.45) is 4.96. The van der Waals surface area contributed by atoms with Gasteiger partial charge in [-0.15, -0.1) is 0 Å². The topological polar surface area (TPSA) is 41.1 Å². The molecule has 0 fully saturated rings. The van der Waals surface area contributed by atoms with E-state index in [-0.39, 0.29) is 5.41 Å². The molecule has 0 bridgehead atoms. The van der Waals surface area contributed by atoms with Crippen LogP contribution in [0.5, 0.6) is 0 Å². The molecule has 0 aromatic carbocycles. The summed E-state index contributed by atoms with van der Waals surface area (Å²) in [4.78, 5) is 10.9. The van der Waals surface area contributed by atoms with Crippen LogP contribution in [0.2, 0.25) is 0 Å². The standard InChI is InChI=1S/C14H26N4/c1-6-7-15-8-12-9-16-13(17-10-12)18(5)11-14(2,3)4/h9-10,15H,6-8,11H2,1-5H3. The fraction of sp³-hybridized carbons (Fsp3) is 0.714. The molecule has 0 aliphatic carbocycles. The van der Waals surface area contributed by atoms with Gasteiger partial charge in [0.05, 0.1) is 0 Å². The van der Waals surface area contributed by atoms with Crippen LogP contribution in [0.15, 0.2) is 12.4 Å². The lowest BCUT2D eigenvalue weighted by Gasteiger charge is -2.26. The number of anilines is 1. The van der Waals surface area contributed by atoms with Gasteiger partial charge in [0.1, 0.15) is 0 Å². The van der Waals surface area contributed by atoms with Crippen LogP contribution in [-0.2, 0) is 6.54 Å². The maximum Gasteiger partial charge on any atom is 0.225 e. The highest BCUT2D eigenvalue weighted by Crippen LogP contribution is 2.17. The van der Waals surface area contributed by atoms with Crippen LogP contribution in [0.4, 0.5) is 5.95 Å². The quantitative estimate of drug-likeness (QED) is 0.787. The molecule has 0 saturated carbocycles. The Morgan fingerprint density at radius 3 is 2.33 bits per heavy atom. The van der Waals surface area contributed by atoms with E-state index in [1.54, 1.807) is 0 Å². The Morgan fingerprint density at radius 1 is 1.22 bits per heavy atom. The van der Waals surface area contributed by atoms with Gasteiger partial charge in [-0.25, -0.2) is 9.97 Å². The smallest absolute Gasteiger partial charge is 0.225 e. The highest BCUT2D eigenvalue weighted by molar-refractivity contribution is 5.28. The van der Waals surface area contributed by atoms with Crippen molar-refractivity contribution >= 4 is 5.95 Å². The Hall–Kier alpha value is -1.16. The molecular formula is C14H26N4. The molecule has 18 heavy (non-hydrogen) atoms. The molecule has 4 heteroatoms. The van der Waals surface area contributed by atoms with Crippen molar-refractivity contribution in [3.8, 4) is 0 Å². The highest BCUT2D eigenvalue weighted by atomic mass is 15.2. The Morgan fingerprint density at radius 2 is 1.83 bits per heavy atom. The zero-order valence-electron chi connectivity index (χ0n) is 12.3. The van der Waals surface area contributed by atoms with Crippen molar-refractivity contribution in [2.24, 2.45) is 5.41 Å². The van der Waals surface area contributed by atoms with Crippen LogP contribution < -0.4 is 10.2 Å².